The Hall–Kier alpha value is -1.74. The van der Waals surface area contributed by atoms with Crippen LogP contribution in [0, 0.1) is 0 Å². The van der Waals surface area contributed by atoms with Gasteiger partial charge in [-0.15, -0.1) is 21.5 Å². The quantitative estimate of drug-likeness (QED) is 0.503. The monoisotopic (exact) mass is 399 g/mol. The fraction of sp³-hybridized carbons (Fsp3) is 0.0714. The number of amides is 1. The number of aromatic nitrogens is 3. The maximum Gasteiger partial charge on any atom is 0.234 e. The molecular formula is C14H11Cl2N5OS2. The van der Waals surface area contributed by atoms with Gasteiger partial charge in [-0.25, -0.2) is 4.68 Å². The molecule has 0 aliphatic carbocycles. The van der Waals surface area contributed by atoms with Gasteiger partial charge in [-0.2, -0.15) is 0 Å². The van der Waals surface area contributed by atoms with Crippen LogP contribution in [0.2, 0.25) is 10.0 Å². The number of benzene rings is 1. The van der Waals surface area contributed by atoms with E-state index in [0.29, 0.717) is 26.7 Å². The number of rotatable bonds is 5. The molecule has 0 aliphatic heterocycles. The third kappa shape index (κ3) is 3.67. The van der Waals surface area contributed by atoms with E-state index in [4.69, 9.17) is 29.0 Å². The first-order valence-electron chi connectivity index (χ1n) is 6.67. The van der Waals surface area contributed by atoms with Crippen molar-refractivity contribution in [3.8, 4) is 10.7 Å². The van der Waals surface area contributed by atoms with E-state index in [-0.39, 0.29) is 11.7 Å². The zero-order chi connectivity index (χ0) is 17.1. The van der Waals surface area contributed by atoms with E-state index in [9.17, 15) is 4.79 Å². The van der Waals surface area contributed by atoms with E-state index >= 15 is 0 Å². The van der Waals surface area contributed by atoms with Crippen molar-refractivity contribution in [1.82, 2.24) is 14.9 Å². The molecule has 0 radical (unpaired) electrons. The van der Waals surface area contributed by atoms with Gasteiger partial charge in [-0.3, -0.25) is 4.79 Å². The van der Waals surface area contributed by atoms with Crippen LogP contribution in [0.4, 0.5) is 5.69 Å². The first-order chi connectivity index (χ1) is 11.6. The largest absolute Gasteiger partial charge is 0.335 e. The molecule has 0 bridgehead atoms. The second-order valence-electron chi connectivity index (χ2n) is 4.59. The second kappa shape index (κ2) is 7.43. The van der Waals surface area contributed by atoms with Crippen LogP contribution in [-0.4, -0.2) is 26.5 Å². The minimum atomic E-state index is -0.268. The van der Waals surface area contributed by atoms with E-state index in [2.05, 4.69) is 15.5 Å². The molecule has 0 atom stereocenters. The van der Waals surface area contributed by atoms with Crippen LogP contribution in [0.25, 0.3) is 10.7 Å². The number of nitrogen functional groups attached to an aromatic ring is 1. The van der Waals surface area contributed by atoms with Crippen LogP contribution in [0.5, 0.6) is 0 Å². The van der Waals surface area contributed by atoms with Crippen molar-refractivity contribution < 1.29 is 4.79 Å². The van der Waals surface area contributed by atoms with E-state index in [0.717, 1.165) is 4.88 Å². The summed E-state index contributed by atoms with van der Waals surface area (Å²) in [5, 5.41) is 13.9. The number of hydrogen-bond donors (Lipinski definition) is 2. The number of carbonyl (C=O) groups excluding carboxylic acids is 1. The minimum absolute atomic E-state index is 0.0985. The third-order valence-electron chi connectivity index (χ3n) is 2.97. The van der Waals surface area contributed by atoms with Crippen molar-refractivity contribution in [2.45, 2.75) is 5.16 Å². The summed E-state index contributed by atoms with van der Waals surface area (Å²) >= 11 is 14.7. The molecule has 3 N–H and O–H groups in total. The Labute approximate surface area is 155 Å². The third-order valence-corrected chi connectivity index (χ3v) is 5.40. The number of anilines is 1. The summed E-state index contributed by atoms with van der Waals surface area (Å²) in [5.74, 6) is 6.37. The molecule has 0 spiro atoms. The molecule has 0 unspecified atom stereocenters. The van der Waals surface area contributed by atoms with Crippen LogP contribution in [-0.2, 0) is 4.79 Å². The molecule has 0 aliphatic rings. The summed E-state index contributed by atoms with van der Waals surface area (Å²) in [6, 6.07) is 8.82. The fourth-order valence-corrected chi connectivity index (χ4v) is 3.73. The molecule has 3 aromatic rings. The van der Waals surface area contributed by atoms with Gasteiger partial charge in [-0.1, -0.05) is 47.1 Å². The molecule has 0 saturated carbocycles. The highest BCUT2D eigenvalue weighted by Crippen LogP contribution is 2.30. The van der Waals surface area contributed by atoms with Crippen molar-refractivity contribution in [3.63, 3.8) is 0 Å². The number of thiophene rings is 1. The van der Waals surface area contributed by atoms with Gasteiger partial charge in [0.25, 0.3) is 0 Å². The maximum atomic E-state index is 12.1. The highest BCUT2D eigenvalue weighted by atomic mass is 35.5. The van der Waals surface area contributed by atoms with Gasteiger partial charge < -0.3 is 11.2 Å². The van der Waals surface area contributed by atoms with Crippen molar-refractivity contribution in [1.29, 1.82) is 0 Å². The van der Waals surface area contributed by atoms with Crippen molar-refractivity contribution >= 4 is 57.9 Å². The summed E-state index contributed by atoms with van der Waals surface area (Å²) in [6.45, 7) is 0. The van der Waals surface area contributed by atoms with Crippen LogP contribution in [0.15, 0.2) is 40.9 Å². The number of nitrogens with zero attached hydrogens (tertiary/aromatic N) is 3. The van der Waals surface area contributed by atoms with E-state index in [1.165, 1.54) is 27.8 Å². The summed E-state index contributed by atoms with van der Waals surface area (Å²) in [7, 11) is 0. The Balaban J connectivity index is 1.65. The Morgan fingerprint density at radius 1 is 1.25 bits per heavy atom. The molecular weight excluding hydrogens is 389 g/mol. The number of hydrogen-bond acceptors (Lipinski definition) is 6. The molecule has 0 saturated heterocycles. The summed E-state index contributed by atoms with van der Waals surface area (Å²) in [5.41, 5.74) is 0.389. The zero-order valence-electron chi connectivity index (χ0n) is 12.1. The molecule has 6 nitrogen and oxygen atoms in total. The van der Waals surface area contributed by atoms with Crippen molar-refractivity contribution in [2.24, 2.45) is 0 Å². The van der Waals surface area contributed by atoms with Crippen molar-refractivity contribution in [3.05, 3.63) is 45.8 Å². The van der Waals surface area contributed by atoms with Gasteiger partial charge in [0.05, 0.1) is 26.4 Å². The first kappa shape index (κ1) is 17.1. The number of thioether (sulfide) groups is 1. The first-order valence-corrected chi connectivity index (χ1v) is 9.29. The topological polar surface area (TPSA) is 85.8 Å². The number of nitrogens with one attached hydrogen (secondary N) is 1. The lowest BCUT2D eigenvalue weighted by atomic mass is 10.3. The molecule has 1 aromatic carbocycles. The lowest BCUT2D eigenvalue weighted by Crippen LogP contribution is -2.16. The lowest BCUT2D eigenvalue weighted by molar-refractivity contribution is -0.113. The van der Waals surface area contributed by atoms with E-state index in [1.807, 2.05) is 17.5 Å². The standard InChI is InChI=1S/C14H11Cl2N5OS2/c15-8-3-1-4-9(16)12(8)18-11(22)7-24-14-20-19-13(21(14)17)10-5-2-6-23-10/h1-6H,7,17H2,(H,18,22). The number of para-hydroxylation sites is 1. The smallest absolute Gasteiger partial charge is 0.234 e. The normalized spacial score (nSPS) is 10.8. The summed E-state index contributed by atoms with van der Waals surface area (Å²) in [6.07, 6.45) is 0. The lowest BCUT2D eigenvalue weighted by Gasteiger charge is -2.08. The molecule has 2 heterocycles. The van der Waals surface area contributed by atoms with Crippen LogP contribution < -0.4 is 11.2 Å². The molecule has 3 rings (SSSR count). The zero-order valence-corrected chi connectivity index (χ0v) is 15.2. The van der Waals surface area contributed by atoms with Gasteiger partial charge in [0, 0.05) is 0 Å². The molecule has 0 fully saturated rings. The molecule has 24 heavy (non-hydrogen) atoms. The number of halogens is 2. The van der Waals surface area contributed by atoms with Gasteiger partial charge in [0.15, 0.2) is 5.82 Å². The molecule has 1 amide bonds. The van der Waals surface area contributed by atoms with Gasteiger partial charge >= 0.3 is 0 Å². The highest BCUT2D eigenvalue weighted by Gasteiger charge is 2.15. The Bertz CT molecular complexity index is 846. The molecule has 2 aromatic heterocycles. The molecule has 10 heteroatoms. The number of carbonyl (C=O) groups is 1. The van der Waals surface area contributed by atoms with E-state index in [1.54, 1.807) is 18.2 Å². The maximum absolute atomic E-state index is 12.1. The fourth-order valence-electron chi connectivity index (χ4n) is 1.87. The summed E-state index contributed by atoms with van der Waals surface area (Å²) in [4.78, 5) is 13.0. The number of nitrogens with two attached hydrogens (primary N) is 1. The Kier molecular flexibility index (Phi) is 5.30. The second-order valence-corrected chi connectivity index (χ2v) is 7.29. The summed E-state index contributed by atoms with van der Waals surface area (Å²) < 4.78 is 1.37. The average Bonchev–Trinajstić information content (AvgIpc) is 3.19. The van der Waals surface area contributed by atoms with Crippen LogP contribution >= 0.6 is 46.3 Å². The van der Waals surface area contributed by atoms with Crippen LogP contribution in [0.1, 0.15) is 0 Å². The highest BCUT2D eigenvalue weighted by molar-refractivity contribution is 7.99. The predicted molar refractivity (Wildman–Crippen MR) is 99.3 cm³/mol. The van der Waals surface area contributed by atoms with Crippen molar-refractivity contribution in [2.75, 3.05) is 16.9 Å². The van der Waals surface area contributed by atoms with Gasteiger partial charge in [0.1, 0.15) is 0 Å². The van der Waals surface area contributed by atoms with Gasteiger partial charge in [-0.05, 0) is 23.6 Å². The Morgan fingerprint density at radius 3 is 2.67 bits per heavy atom. The SMILES string of the molecule is Nn1c(SCC(=O)Nc2c(Cl)cccc2Cl)nnc1-c1cccs1. The van der Waals surface area contributed by atoms with Gasteiger partial charge in [0.2, 0.25) is 11.1 Å². The van der Waals surface area contributed by atoms with Crippen LogP contribution in [0.3, 0.4) is 0 Å². The Morgan fingerprint density at radius 2 is 2.00 bits per heavy atom. The average molecular weight is 400 g/mol. The molecule has 124 valence electrons. The minimum Gasteiger partial charge on any atom is -0.335 e. The van der Waals surface area contributed by atoms with E-state index < -0.39 is 0 Å². The predicted octanol–water partition coefficient (Wildman–Crippen LogP) is 3.76.